The van der Waals surface area contributed by atoms with E-state index in [1.807, 2.05) is 0 Å². The number of nitrogens with zero attached hydrogens (tertiary/aromatic N) is 1. The number of hydrogen-bond donors (Lipinski definition) is 1. The van der Waals surface area contributed by atoms with Crippen molar-refractivity contribution in [2.24, 2.45) is 0 Å². The lowest BCUT2D eigenvalue weighted by Crippen LogP contribution is -1.88. The van der Waals surface area contributed by atoms with Gasteiger partial charge in [-0.2, -0.15) is 4.39 Å². The molecule has 0 atom stereocenters. The van der Waals surface area contributed by atoms with Gasteiger partial charge >= 0.3 is 0 Å². The quantitative estimate of drug-likeness (QED) is 0.818. The molecule has 0 spiro atoms. The summed E-state index contributed by atoms with van der Waals surface area (Å²) in [5.74, 6) is -2.03. The van der Waals surface area contributed by atoms with Gasteiger partial charge in [0.1, 0.15) is 5.69 Å². The molecular formula is C9H5F3N2S. The van der Waals surface area contributed by atoms with E-state index in [0.717, 1.165) is 12.1 Å². The molecule has 1 aromatic heterocycles. The fourth-order valence-corrected chi connectivity index (χ4v) is 1.72. The van der Waals surface area contributed by atoms with Crippen LogP contribution in [0.1, 0.15) is 0 Å². The van der Waals surface area contributed by atoms with Crippen LogP contribution in [0.3, 0.4) is 0 Å². The first kappa shape index (κ1) is 9.97. The molecule has 2 N–H and O–H groups in total. The first-order chi connectivity index (χ1) is 7.08. The summed E-state index contributed by atoms with van der Waals surface area (Å²) in [4.78, 5) is 3.68. The van der Waals surface area contributed by atoms with E-state index in [1.165, 1.54) is 6.07 Å². The Morgan fingerprint density at radius 1 is 1.13 bits per heavy atom. The summed E-state index contributed by atoms with van der Waals surface area (Å²) in [6.07, 6.45) is 0. The molecule has 1 aromatic carbocycles. The molecular weight excluding hydrogens is 225 g/mol. The van der Waals surface area contributed by atoms with Crippen molar-refractivity contribution in [3.8, 4) is 11.3 Å². The molecule has 0 amide bonds. The number of benzene rings is 1. The third kappa shape index (κ3) is 1.80. The number of rotatable bonds is 1. The Bertz CT molecular complexity index is 510. The van der Waals surface area contributed by atoms with E-state index in [-0.39, 0.29) is 16.4 Å². The van der Waals surface area contributed by atoms with E-state index in [0.29, 0.717) is 11.3 Å². The topological polar surface area (TPSA) is 38.9 Å². The number of anilines is 1. The Balaban J connectivity index is 2.54. The highest BCUT2D eigenvalue weighted by molar-refractivity contribution is 7.14. The number of nitrogen functional groups attached to an aromatic ring is 1. The Kier molecular flexibility index (Phi) is 2.36. The van der Waals surface area contributed by atoms with E-state index in [9.17, 15) is 13.2 Å². The summed E-state index contributed by atoms with van der Waals surface area (Å²) in [5, 5.41) is -0.564. The van der Waals surface area contributed by atoms with Gasteiger partial charge < -0.3 is 5.73 Å². The number of aromatic nitrogens is 1. The van der Waals surface area contributed by atoms with Crippen LogP contribution < -0.4 is 5.73 Å². The maximum atomic E-state index is 13.2. The number of nitrogens with two attached hydrogens (primary N) is 1. The summed E-state index contributed by atoms with van der Waals surface area (Å²) in [7, 11) is 0. The standard InChI is InChI=1S/C9H5F3N2S/c10-5-2-1-4(3-6(5)11)7-8(12)15-9(13)14-7/h1-3H,(H2,13,14). The lowest BCUT2D eigenvalue weighted by atomic mass is 10.1. The summed E-state index contributed by atoms with van der Waals surface area (Å²) < 4.78 is 38.6. The molecule has 1 heterocycles. The molecule has 0 aliphatic carbocycles. The first-order valence-electron chi connectivity index (χ1n) is 3.95. The van der Waals surface area contributed by atoms with Crippen LogP contribution in [0.2, 0.25) is 0 Å². The molecule has 15 heavy (non-hydrogen) atoms. The summed E-state index contributed by atoms with van der Waals surface area (Å²) >= 11 is 0.658. The second kappa shape index (κ2) is 3.54. The summed E-state index contributed by atoms with van der Waals surface area (Å²) in [6, 6.07) is 3.04. The molecule has 0 aliphatic rings. The van der Waals surface area contributed by atoms with Crippen LogP contribution in [-0.2, 0) is 0 Å². The van der Waals surface area contributed by atoms with Crippen LogP contribution in [0, 0.1) is 16.8 Å². The van der Waals surface area contributed by atoms with E-state index in [1.54, 1.807) is 0 Å². The lowest BCUT2D eigenvalue weighted by Gasteiger charge is -1.97. The zero-order chi connectivity index (χ0) is 11.0. The average Bonchev–Trinajstić information content (AvgIpc) is 2.50. The van der Waals surface area contributed by atoms with Crippen LogP contribution in [0.25, 0.3) is 11.3 Å². The van der Waals surface area contributed by atoms with Crippen molar-refractivity contribution in [3.05, 3.63) is 35.0 Å². The maximum absolute atomic E-state index is 13.2. The molecule has 0 unspecified atom stereocenters. The lowest BCUT2D eigenvalue weighted by molar-refractivity contribution is 0.509. The highest BCUT2D eigenvalue weighted by atomic mass is 32.1. The minimum Gasteiger partial charge on any atom is -0.375 e. The van der Waals surface area contributed by atoms with Gasteiger partial charge in [-0.15, -0.1) is 0 Å². The Morgan fingerprint density at radius 2 is 1.87 bits per heavy atom. The van der Waals surface area contributed by atoms with Crippen molar-refractivity contribution in [1.82, 2.24) is 4.98 Å². The van der Waals surface area contributed by atoms with Gasteiger partial charge in [-0.05, 0) is 18.2 Å². The van der Waals surface area contributed by atoms with Gasteiger partial charge in [0.2, 0.25) is 5.13 Å². The molecule has 0 bridgehead atoms. The maximum Gasteiger partial charge on any atom is 0.206 e. The highest BCUT2D eigenvalue weighted by Gasteiger charge is 2.13. The van der Waals surface area contributed by atoms with Gasteiger partial charge in [0.05, 0.1) is 0 Å². The Hall–Kier alpha value is -1.56. The molecule has 78 valence electrons. The molecule has 0 saturated carbocycles. The molecule has 0 radical (unpaired) electrons. The summed E-state index contributed by atoms with van der Waals surface area (Å²) in [5.41, 5.74) is 5.39. The third-order valence-electron chi connectivity index (χ3n) is 1.80. The van der Waals surface area contributed by atoms with Gasteiger partial charge in [-0.25, -0.2) is 13.8 Å². The second-order valence-corrected chi connectivity index (χ2v) is 3.78. The average molecular weight is 230 g/mol. The van der Waals surface area contributed by atoms with Gasteiger partial charge in [-0.1, -0.05) is 11.3 Å². The van der Waals surface area contributed by atoms with Crippen molar-refractivity contribution in [1.29, 1.82) is 0 Å². The van der Waals surface area contributed by atoms with Crippen molar-refractivity contribution in [2.75, 3.05) is 5.73 Å². The smallest absolute Gasteiger partial charge is 0.206 e. The SMILES string of the molecule is Nc1nc(-c2ccc(F)c(F)c2)c(F)s1. The number of thiazole rings is 1. The van der Waals surface area contributed by atoms with E-state index >= 15 is 0 Å². The zero-order valence-electron chi connectivity index (χ0n) is 7.30. The minimum atomic E-state index is -1.04. The number of halogens is 3. The molecule has 2 rings (SSSR count). The van der Waals surface area contributed by atoms with Crippen LogP contribution in [-0.4, -0.2) is 4.98 Å². The molecule has 2 nitrogen and oxygen atoms in total. The molecule has 0 aliphatic heterocycles. The predicted molar refractivity (Wildman–Crippen MR) is 51.8 cm³/mol. The normalized spacial score (nSPS) is 10.6. The van der Waals surface area contributed by atoms with Crippen molar-refractivity contribution >= 4 is 16.5 Å². The van der Waals surface area contributed by atoms with Gasteiger partial charge in [-0.3, -0.25) is 0 Å². The van der Waals surface area contributed by atoms with Crippen LogP contribution >= 0.6 is 11.3 Å². The fourth-order valence-electron chi connectivity index (χ4n) is 1.14. The third-order valence-corrected chi connectivity index (χ3v) is 2.47. The fraction of sp³-hybridized carbons (Fsp3) is 0. The Labute approximate surface area is 87.2 Å². The molecule has 0 fully saturated rings. The first-order valence-corrected chi connectivity index (χ1v) is 4.77. The van der Waals surface area contributed by atoms with E-state index < -0.39 is 16.8 Å². The molecule has 2 aromatic rings. The largest absolute Gasteiger partial charge is 0.375 e. The van der Waals surface area contributed by atoms with Crippen molar-refractivity contribution < 1.29 is 13.2 Å². The van der Waals surface area contributed by atoms with Crippen molar-refractivity contribution in [3.63, 3.8) is 0 Å². The molecule has 0 saturated heterocycles. The Morgan fingerprint density at radius 3 is 2.40 bits per heavy atom. The highest BCUT2D eigenvalue weighted by Crippen LogP contribution is 2.28. The summed E-state index contributed by atoms with van der Waals surface area (Å²) in [6.45, 7) is 0. The molecule has 6 heteroatoms. The van der Waals surface area contributed by atoms with Crippen LogP contribution in [0.5, 0.6) is 0 Å². The van der Waals surface area contributed by atoms with Crippen LogP contribution in [0.15, 0.2) is 18.2 Å². The van der Waals surface area contributed by atoms with E-state index in [4.69, 9.17) is 5.73 Å². The minimum absolute atomic E-state index is 0.0484. The number of hydrogen-bond acceptors (Lipinski definition) is 3. The van der Waals surface area contributed by atoms with Gasteiger partial charge in [0, 0.05) is 5.56 Å². The van der Waals surface area contributed by atoms with Gasteiger partial charge in [0.15, 0.2) is 16.8 Å². The van der Waals surface area contributed by atoms with Crippen molar-refractivity contribution in [2.45, 2.75) is 0 Å². The zero-order valence-corrected chi connectivity index (χ0v) is 8.12. The van der Waals surface area contributed by atoms with Gasteiger partial charge in [0.25, 0.3) is 0 Å². The second-order valence-electron chi connectivity index (χ2n) is 2.80. The predicted octanol–water partition coefficient (Wildman–Crippen LogP) is 2.81. The van der Waals surface area contributed by atoms with Crippen LogP contribution in [0.4, 0.5) is 18.3 Å². The monoisotopic (exact) mass is 230 g/mol. The van der Waals surface area contributed by atoms with E-state index in [2.05, 4.69) is 4.98 Å².